The summed E-state index contributed by atoms with van der Waals surface area (Å²) >= 11 is 0. The molecule has 3 rings (SSSR count). The van der Waals surface area contributed by atoms with Gasteiger partial charge < -0.3 is 49.5 Å². The zero-order valence-corrected chi connectivity index (χ0v) is 25.8. The minimum absolute atomic E-state index is 0.0998. The molecule has 1 aliphatic rings. The average molecular weight is 638 g/mol. The van der Waals surface area contributed by atoms with Gasteiger partial charge in [0, 0.05) is 19.5 Å². The molecule has 0 saturated carbocycles. The van der Waals surface area contributed by atoms with Crippen LogP contribution in [0.25, 0.3) is 10.8 Å². The van der Waals surface area contributed by atoms with Gasteiger partial charge in [0.05, 0.1) is 6.54 Å². The molecule has 1 heterocycles. The second kappa shape index (κ2) is 17.2. The molecular weight excluding hydrogens is 594 g/mol. The summed E-state index contributed by atoms with van der Waals surface area (Å²) in [6.07, 6.45) is 0.980. The van der Waals surface area contributed by atoms with Crippen LogP contribution in [0.15, 0.2) is 52.4 Å². The zero-order chi connectivity index (χ0) is 33.6. The van der Waals surface area contributed by atoms with E-state index in [0.29, 0.717) is 12.8 Å². The Morgan fingerprint density at radius 3 is 1.83 bits per heavy atom. The molecule has 0 unspecified atom stereocenters. The fourth-order valence-corrected chi connectivity index (χ4v) is 4.85. The van der Waals surface area contributed by atoms with E-state index in [-0.39, 0.29) is 44.3 Å². The predicted molar refractivity (Wildman–Crippen MR) is 174 cm³/mol. The molecule has 0 spiro atoms. The van der Waals surface area contributed by atoms with Crippen LogP contribution in [0, 0.1) is 0 Å². The summed E-state index contributed by atoms with van der Waals surface area (Å²) < 4.78 is 0. The summed E-state index contributed by atoms with van der Waals surface area (Å²) in [5, 5.41) is 15.1. The molecule has 248 valence electrons. The second-order valence-electron chi connectivity index (χ2n) is 11.0. The Kier molecular flexibility index (Phi) is 13.1. The van der Waals surface area contributed by atoms with E-state index >= 15 is 0 Å². The van der Waals surface area contributed by atoms with Crippen molar-refractivity contribution in [3.63, 3.8) is 0 Å². The summed E-state index contributed by atoms with van der Waals surface area (Å²) in [5.74, 6) is -3.42. The molecule has 4 atom stereocenters. The van der Waals surface area contributed by atoms with E-state index in [2.05, 4.69) is 36.6 Å². The van der Waals surface area contributed by atoms with Gasteiger partial charge in [0.25, 0.3) is 0 Å². The number of guanidine groups is 2. The fraction of sp³-hybridized carbons (Fsp3) is 0.433. The molecule has 13 N–H and O–H groups in total. The van der Waals surface area contributed by atoms with Crippen molar-refractivity contribution >= 4 is 52.2 Å². The van der Waals surface area contributed by atoms with Crippen LogP contribution < -0.4 is 49.5 Å². The normalized spacial score (nSPS) is 21.4. The predicted octanol–water partition coefficient (Wildman–Crippen LogP) is -2.42. The molecule has 0 aliphatic carbocycles. The van der Waals surface area contributed by atoms with Gasteiger partial charge in [-0.3, -0.25) is 34.0 Å². The molecule has 2 aromatic carbocycles. The van der Waals surface area contributed by atoms with Gasteiger partial charge in [-0.05, 0) is 48.9 Å². The van der Waals surface area contributed by atoms with Crippen LogP contribution in [0.5, 0.6) is 0 Å². The average Bonchev–Trinajstić information content (AvgIpc) is 3.01. The summed E-state index contributed by atoms with van der Waals surface area (Å²) in [6, 6.07) is 9.04. The lowest BCUT2D eigenvalue weighted by Gasteiger charge is -2.25. The van der Waals surface area contributed by atoms with E-state index in [1.54, 1.807) is 0 Å². The van der Waals surface area contributed by atoms with Gasteiger partial charge in [0.1, 0.15) is 24.2 Å². The number of aliphatic imine (C=N–C) groups is 2. The number of fused-ring (bicyclic) bond motifs is 1. The first kappa shape index (κ1) is 35.1. The minimum atomic E-state index is -1.12. The van der Waals surface area contributed by atoms with E-state index in [1.807, 2.05) is 42.5 Å². The molecule has 0 radical (unpaired) electrons. The molecule has 1 aliphatic heterocycles. The van der Waals surface area contributed by atoms with Crippen LogP contribution in [-0.2, 0) is 30.4 Å². The van der Waals surface area contributed by atoms with Gasteiger partial charge in [-0.1, -0.05) is 42.5 Å². The van der Waals surface area contributed by atoms with E-state index in [1.165, 1.54) is 6.92 Å². The summed E-state index contributed by atoms with van der Waals surface area (Å²) in [5.41, 5.74) is 22.4. The van der Waals surface area contributed by atoms with Crippen LogP contribution in [0.3, 0.4) is 0 Å². The van der Waals surface area contributed by atoms with E-state index in [9.17, 15) is 24.0 Å². The lowest BCUT2D eigenvalue weighted by molar-refractivity contribution is -0.134. The number of nitrogens with two attached hydrogens (primary N) is 4. The molecule has 16 nitrogen and oxygen atoms in total. The SMILES string of the molecule is C[C@H]1NC(=O)[C@H](CCCN=C(N)N)NC(=O)[C@H](CCCN=C(N)N)NC(=O)[C@H](Cc2ccc3ccccc3c2)NC(=O)CNC1=O. The Labute approximate surface area is 266 Å². The van der Waals surface area contributed by atoms with Crippen molar-refractivity contribution in [2.75, 3.05) is 19.6 Å². The first-order valence-corrected chi connectivity index (χ1v) is 15.0. The van der Waals surface area contributed by atoms with Gasteiger partial charge in [-0.15, -0.1) is 0 Å². The van der Waals surface area contributed by atoms with Crippen LogP contribution in [0.1, 0.15) is 38.2 Å². The van der Waals surface area contributed by atoms with Crippen LogP contribution in [-0.4, -0.2) is 85.3 Å². The zero-order valence-electron chi connectivity index (χ0n) is 25.8. The second-order valence-corrected chi connectivity index (χ2v) is 11.0. The van der Waals surface area contributed by atoms with Crippen molar-refractivity contribution < 1.29 is 24.0 Å². The van der Waals surface area contributed by atoms with Crippen LogP contribution in [0.2, 0.25) is 0 Å². The quantitative estimate of drug-likeness (QED) is 0.0760. The molecule has 0 bridgehead atoms. The Morgan fingerprint density at radius 2 is 1.24 bits per heavy atom. The Balaban J connectivity index is 1.92. The van der Waals surface area contributed by atoms with Crippen molar-refractivity contribution in [2.45, 2.75) is 63.2 Å². The number of nitrogens with zero attached hydrogens (tertiary/aromatic N) is 2. The van der Waals surface area contributed by atoms with Crippen molar-refractivity contribution in [1.29, 1.82) is 0 Å². The maximum absolute atomic E-state index is 13.7. The molecule has 2 aromatic rings. The maximum atomic E-state index is 13.7. The smallest absolute Gasteiger partial charge is 0.243 e. The summed E-state index contributed by atoms with van der Waals surface area (Å²) in [6.45, 7) is 1.39. The standard InChI is InChI=1S/C30H43N11O5/c1-17-25(43)37-16-24(42)39-23(15-18-10-11-19-6-2-3-7-20(19)14-18)28(46)41-22(9-5-13-36-30(33)34)27(45)40-21(26(44)38-17)8-4-12-35-29(31)32/h2-3,6-7,10-11,14,17,21-23H,4-5,8-9,12-13,15-16H2,1H3,(H,37,43)(H,38,44)(H,39,42)(H,40,45)(H,41,46)(H4,31,32,35)(H4,33,34,36)/t17-,21+,22+,23+/m1/s1. The van der Waals surface area contributed by atoms with E-state index in [4.69, 9.17) is 22.9 Å². The summed E-state index contributed by atoms with van der Waals surface area (Å²) in [4.78, 5) is 74.0. The highest BCUT2D eigenvalue weighted by atomic mass is 16.2. The van der Waals surface area contributed by atoms with Gasteiger partial charge in [-0.2, -0.15) is 0 Å². The molecule has 5 amide bonds. The van der Waals surface area contributed by atoms with Crippen molar-refractivity contribution in [3.8, 4) is 0 Å². The fourth-order valence-electron chi connectivity index (χ4n) is 4.85. The van der Waals surface area contributed by atoms with Crippen molar-refractivity contribution in [3.05, 3.63) is 48.0 Å². The Morgan fingerprint density at radius 1 is 0.696 bits per heavy atom. The van der Waals surface area contributed by atoms with Gasteiger partial charge in [-0.25, -0.2) is 0 Å². The third-order valence-corrected chi connectivity index (χ3v) is 7.24. The lowest BCUT2D eigenvalue weighted by atomic mass is 10.0. The highest BCUT2D eigenvalue weighted by Crippen LogP contribution is 2.17. The summed E-state index contributed by atoms with van der Waals surface area (Å²) in [7, 11) is 0. The maximum Gasteiger partial charge on any atom is 0.243 e. The highest BCUT2D eigenvalue weighted by molar-refractivity contribution is 5.97. The molecule has 16 heteroatoms. The molecule has 1 fully saturated rings. The Bertz CT molecular complexity index is 1470. The third kappa shape index (κ3) is 11.3. The third-order valence-electron chi connectivity index (χ3n) is 7.24. The number of hydrogen-bond donors (Lipinski definition) is 9. The van der Waals surface area contributed by atoms with Gasteiger partial charge in [0.2, 0.25) is 29.5 Å². The minimum Gasteiger partial charge on any atom is -0.370 e. The first-order valence-electron chi connectivity index (χ1n) is 15.0. The van der Waals surface area contributed by atoms with Gasteiger partial charge >= 0.3 is 0 Å². The van der Waals surface area contributed by atoms with Gasteiger partial charge in [0.15, 0.2) is 11.9 Å². The number of amides is 5. The van der Waals surface area contributed by atoms with E-state index in [0.717, 1.165) is 16.3 Å². The van der Waals surface area contributed by atoms with Crippen LogP contribution in [0.4, 0.5) is 0 Å². The highest BCUT2D eigenvalue weighted by Gasteiger charge is 2.31. The largest absolute Gasteiger partial charge is 0.370 e. The van der Waals surface area contributed by atoms with E-state index < -0.39 is 60.2 Å². The number of rotatable bonds is 10. The lowest BCUT2D eigenvalue weighted by Crippen LogP contribution is -2.57. The number of benzene rings is 2. The van der Waals surface area contributed by atoms with Crippen molar-refractivity contribution in [1.82, 2.24) is 26.6 Å². The number of nitrogens with one attached hydrogen (secondary N) is 5. The topological polar surface area (TPSA) is 274 Å². The number of hydrogen-bond acceptors (Lipinski definition) is 7. The van der Waals surface area contributed by atoms with Crippen LogP contribution >= 0.6 is 0 Å². The Hall–Kier alpha value is -5.41. The molecular formula is C30H43N11O5. The number of carbonyl (C=O) groups excluding carboxylic acids is 5. The molecule has 46 heavy (non-hydrogen) atoms. The molecule has 1 saturated heterocycles. The first-order chi connectivity index (χ1) is 21.9. The van der Waals surface area contributed by atoms with Crippen molar-refractivity contribution in [2.24, 2.45) is 32.9 Å². The molecule has 0 aromatic heterocycles. The number of carbonyl (C=O) groups is 5. The monoisotopic (exact) mass is 637 g/mol.